The molecule has 1 aromatic carbocycles. The van der Waals surface area contributed by atoms with Gasteiger partial charge < -0.3 is 0 Å². The molecule has 10 heteroatoms. The van der Waals surface area contributed by atoms with Gasteiger partial charge in [0.15, 0.2) is 0 Å². The third kappa shape index (κ3) is 5.25. The highest BCUT2D eigenvalue weighted by Crippen LogP contribution is 2.25. The summed E-state index contributed by atoms with van der Waals surface area (Å²) in [5, 5.41) is 5.04. The van der Waals surface area contributed by atoms with E-state index in [2.05, 4.69) is 9.44 Å². The average Bonchev–Trinajstić information content (AvgIpc) is 2.28. The Balaban J connectivity index is 3.03. The lowest BCUT2D eigenvalue weighted by molar-refractivity contribution is 0.564. The number of benzene rings is 1. The number of nitrogens with one attached hydrogen (secondary N) is 2. The van der Waals surface area contributed by atoms with E-state index in [0.29, 0.717) is 0 Å². The molecule has 0 saturated carbocycles. The summed E-state index contributed by atoms with van der Waals surface area (Å²) in [5.41, 5.74) is -0.0607. The molecule has 114 valence electrons. The molecule has 1 rings (SSSR count). The van der Waals surface area contributed by atoms with Crippen LogP contribution in [0.1, 0.15) is 13.8 Å². The van der Waals surface area contributed by atoms with Crippen molar-refractivity contribution < 1.29 is 16.8 Å². The van der Waals surface area contributed by atoms with Crippen molar-refractivity contribution in [1.29, 1.82) is 0 Å². The second-order valence-corrected chi connectivity index (χ2v) is 8.00. The van der Waals surface area contributed by atoms with E-state index in [1.165, 1.54) is 12.1 Å². The molecule has 0 bridgehead atoms. The summed E-state index contributed by atoms with van der Waals surface area (Å²) in [6.45, 7) is 3.93. The summed E-state index contributed by atoms with van der Waals surface area (Å²) in [7, 11) is -7.77. The van der Waals surface area contributed by atoms with Crippen LogP contribution in [0.5, 0.6) is 0 Å². The first-order valence-corrected chi connectivity index (χ1v) is 9.02. The molecule has 0 spiro atoms. The Morgan fingerprint density at radius 1 is 1.25 bits per heavy atom. The van der Waals surface area contributed by atoms with E-state index in [1.807, 2.05) is 13.8 Å². The maximum atomic E-state index is 11.8. The van der Waals surface area contributed by atoms with Crippen LogP contribution in [0.15, 0.2) is 23.1 Å². The van der Waals surface area contributed by atoms with E-state index in [9.17, 15) is 16.8 Å². The van der Waals surface area contributed by atoms with Crippen LogP contribution in [0.3, 0.4) is 0 Å². The molecule has 0 saturated heterocycles. The Bertz CT molecular complexity index is 686. The normalized spacial score (nSPS) is 12.7. The predicted octanol–water partition coefficient (Wildman–Crippen LogP) is 0.890. The van der Waals surface area contributed by atoms with Crippen LogP contribution >= 0.6 is 11.6 Å². The molecule has 0 unspecified atom stereocenters. The van der Waals surface area contributed by atoms with E-state index in [-0.39, 0.29) is 28.1 Å². The van der Waals surface area contributed by atoms with Gasteiger partial charge in [-0.15, -0.1) is 0 Å². The number of halogens is 1. The molecule has 7 nitrogen and oxygen atoms in total. The van der Waals surface area contributed by atoms with Crippen molar-refractivity contribution in [2.24, 2.45) is 11.1 Å². The lowest BCUT2D eigenvalue weighted by atomic mass is 10.2. The lowest BCUT2D eigenvalue weighted by Gasteiger charge is -2.12. The molecule has 0 amide bonds. The lowest BCUT2D eigenvalue weighted by Crippen LogP contribution is -2.33. The Kier molecular flexibility index (Phi) is 5.39. The highest BCUT2D eigenvalue weighted by molar-refractivity contribution is 7.90. The van der Waals surface area contributed by atoms with Gasteiger partial charge in [-0.2, -0.15) is 13.1 Å². The molecule has 0 aliphatic heterocycles. The number of nitrogens with two attached hydrogens (primary N) is 1. The summed E-state index contributed by atoms with van der Waals surface area (Å²) in [6, 6.07) is 3.50. The maximum Gasteiger partial charge on any atom is 0.299 e. The van der Waals surface area contributed by atoms with Gasteiger partial charge >= 0.3 is 0 Å². The highest BCUT2D eigenvalue weighted by atomic mass is 35.5. The largest absolute Gasteiger partial charge is 0.299 e. The zero-order valence-corrected chi connectivity index (χ0v) is 13.3. The summed E-state index contributed by atoms with van der Waals surface area (Å²) in [4.78, 5) is -0.233. The minimum atomic E-state index is -3.94. The first-order chi connectivity index (χ1) is 9.01. The second-order valence-electron chi connectivity index (χ2n) is 4.53. The SMILES string of the molecule is CC(C)CNS(=O)(=O)Nc1cc(S(N)(=O)=O)ccc1Cl. The number of rotatable bonds is 6. The van der Waals surface area contributed by atoms with E-state index in [4.69, 9.17) is 16.7 Å². The quantitative estimate of drug-likeness (QED) is 0.711. The van der Waals surface area contributed by atoms with Crippen molar-refractivity contribution in [1.82, 2.24) is 4.72 Å². The van der Waals surface area contributed by atoms with Gasteiger partial charge in [0.25, 0.3) is 10.2 Å². The molecule has 0 heterocycles. The zero-order valence-electron chi connectivity index (χ0n) is 10.9. The van der Waals surface area contributed by atoms with Gasteiger partial charge in [-0.1, -0.05) is 25.4 Å². The molecule has 0 aliphatic carbocycles. The molecule has 0 radical (unpaired) electrons. The molecule has 0 aromatic heterocycles. The topological polar surface area (TPSA) is 118 Å². The fourth-order valence-corrected chi connectivity index (χ4v) is 3.06. The summed E-state index contributed by atoms with van der Waals surface area (Å²) in [6.07, 6.45) is 0. The minimum absolute atomic E-state index is 0.0607. The number of anilines is 1. The van der Waals surface area contributed by atoms with E-state index < -0.39 is 20.2 Å². The van der Waals surface area contributed by atoms with Gasteiger partial charge in [0, 0.05) is 6.54 Å². The molecule has 1 aromatic rings. The molecule has 0 aliphatic rings. The van der Waals surface area contributed by atoms with Crippen LogP contribution in [0.25, 0.3) is 0 Å². The Hall–Kier alpha value is -0.870. The summed E-state index contributed by atoms with van der Waals surface area (Å²) >= 11 is 5.82. The molecule has 4 N–H and O–H groups in total. The van der Waals surface area contributed by atoms with Crippen LogP contribution < -0.4 is 14.6 Å². The number of primary sulfonamides is 1. The third-order valence-corrected chi connectivity index (χ3v) is 4.47. The Morgan fingerprint density at radius 3 is 2.35 bits per heavy atom. The number of hydrogen-bond donors (Lipinski definition) is 3. The van der Waals surface area contributed by atoms with Crippen LogP contribution in [0, 0.1) is 5.92 Å². The van der Waals surface area contributed by atoms with Crippen molar-refractivity contribution in [3.63, 3.8) is 0 Å². The first-order valence-electron chi connectivity index (χ1n) is 5.61. The number of sulfonamides is 1. The standard InChI is InChI=1S/C10H16ClN3O4S2/c1-7(2)6-13-20(17,18)14-10-5-8(19(12,15)16)3-4-9(10)11/h3-5,7,13-14H,6H2,1-2H3,(H2,12,15,16). The second kappa shape index (κ2) is 6.27. The number of hydrogen-bond acceptors (Lipinski definition) is 4. The van der Waals surface area contributed by atoms with Gasteiger partial charge in [-0.3, -0.25) is 4.72 Å². The van der Waals surface area contributed by atoms with Gasteiger partial charge in [-0.25, -0.2) is 13.6 Å². The fourth-order valence-electron chi connectivity index (χ4n) is 1.22. The average molecular weight is 342 g/mol. The monoisotopic (exact) mass is 341 g/mol. The molecule has 0 atom stereocenters. The molecule has 0 fully saturated rings. The van der Waals surface area contributed by atoms with Crippen molar-refractivity contribution >= 4 is 37.5 Å². The van der Waals surface area contributed by atoms with Gasteiger partial charge in [0.2, 0.25) is 10.0 Å². The van der Waals surface area contributed by atoms with Gasteiger partial charge in [0.1, 0.15) is 0 Å². The fraction of sp³-hybridized carbons (Fsp3) is 0.400. The summed E-state index contributed by atoms with van der Waals surface area (Å²) in [5.74, 6) is 0.123. The van der Waals surface area contributed by atoms with Gasteiger partial charge in [0.05, 0.1) is 15.6 Å². The molecule has 20 heavy (non-hydrogen) atoms. The third-order valence-electron chi connectivity index (χ3n) is 2.19. The maximum absolute atomic E-state index is 11.8. The van der Waals surface area contributed by atoms with Crippen LogP contribution in [-0.4, -0.2) is 23.4 Å². The van der Waals surface area contributed by atoms with Crippen LogP contribution in [-0.2, 0) is 20.2 Å². The van der Waals surface area contributed by atoms with E-state index in [0.717, 1.165) is 6.07 Å². The van der Waals surface area contributed by atoms with Crippen LogP contribution in [0.4, 0.5) is 5.69 Å². The summed E-state index contributed by atoms with van der Waals surface area (Å²) < 4.78 is 50.4. The predicted molar refractivity (Wildman–Crippen MR) is 78.2 cm³/mol. The smallest absolute Gasteiger partial charge is 0.270 e. The Labute approximate surface area is 123 Å². The highest BCUT2D eigenvalue weighted by Gasteiger charge is 2.15. The van der Waals surface area contributed by atoms with Crippen molar-refractivity contribution in [2.75, 3.05) is 11.3 Å². The first kappa shape index (κ1) is 17.2. The van der Waals surface area contributed by atoms with Crippen molar-refractivity contribution in [3.8, 4) is 0 Å². The van der Waals surface area contributed by atoms with Crippen molar-refractivity contribution in [3.05, 3.63) is 23.2 Å². The van der Waals surface area contributed by atoms with Crippen molar-refractivity contribution in [2.45, 2.75) is 18.7 Å². The Morgan fingerprint density at radius 2 is 1.85 bits per heavy atom. The molecular formula is C10H16ClN3O4S2. The van der Waals surface area contributed by atoms with E-state index in [1.54, 1.807) is 0 Å². The molecular weight excluding hydrogens is 326 g/mol. The minimum Gasteiger partial charge on any atom is -0.270 e. The van der Waals surface area contributed by atoms with Crippen LogP contribution in [0.2, 0.25) is 5.02 Å². The van der Waals surface area contributed by atoms with E-state index >= 15 is 0 Å². The zero-order chi connectivity index (χ0) is 15.6. The van der Waals surface area contributed by atoms with Gasteiger partial charge in [-0.05, 0) is 24.1 Å².